The van der Waals surface area contributed by atoms with Crippen molar-refractivity contribution in [2.75, 3.05) is 9.80 Å². The van der Waals surface area contributed by atoms with E-state index in [4.69, 9.17) is 0 Å². The molecule has 17 rings (SSSR count). The van der Waals surface area contributed by atoms with Gasteiger partial charge in [0.15, 0.2) is 8.07 Å². The Kier molecular flexibility index (Phi) is 10.3. The molecule has 0 amide bonds. The van der Waals surface area contributed by atoms with Gasteiger partial charge in [0.05, 0.1) is 0 Å². The Balaban J connectivity index is 1.12. The average molecular weight is 1060 g/mol. The lowest BCUT2D eigenvalue weighted by molar-refractivity contribution is 0.867. The zero-order valence-corrected chi connectivity index (χ0v) is 47.9. The van der Waals surface area contributed by atoms with Gasteiger partial charge in [-0.1, -0.05) is 239 Å². The summed E-state index contributed by atoms with van der Waals surface area (Å²) in [6.07, 6.45) is 0. The number of nitrogens with zero attached hydrogens (tertiary/aromatic N) is 2. The minimum absolute atomic E-state index is 0.00392. The third kappa shape index (κ3) is 6.37. The summed E-state index contributed by atoms with van der Waals surface area (Å²) in [5.74, 6) is 0.621. The number of hydrogen-bond donors (Lipinski definition) is 0. The predicted molar refractivity (Wildman–Crippen MR) is 356 cm³/mol. The first kappa shape index (κ1) is 47.6. The van der Waals surface area contributed by atoms with Crippen LogP contribution in [0.2, 0.25) is 0 Å². The van der Waals surface area contributed by atoms with Crippen LogP contribution in [0.1, 0.15) is 56.2 Å². The molecule has 0 unspecified atom stereocenters. The number of aryl methyl sites for hydroxylation is 1. The van der Waals surface area contributed by atoms with Gasteiger partial charge in [-0.3, -0.25) is 0 Å². The van der Waals surface area contributed by atoms with Crippen LogP contribution in [-0.4, -0.2) is 21.5 Å². The summed E-state index contributed by atoms with van der Waals surface area (Å²) in [6, 6.07) is 96.9. The second-order valence-electron chi connectivity index (χ2n) is 24.2. The van der Waals surface area contributed by atoms with Crippen molar-refractivity contribution >= 4 is 141 Å². The number of anilines is 6. The highest BCUT2D eigenvalue weighted by molar-refractivity contribution is 7.21. The smallest absolute Gasteiger partial charge is 0.248 e. The Labute approximate surface area is 482 Å². The molecule has 2 nitrogen and oxygen atoms in total. The summed E-state index contributed by atoms with van der Waals surface area (Å²) in [5.41, 5.74) is 25.2. The molecule has 13 aromatic rings. The molecule has 5 heteroatoms. The van der Waals surface area contributed by atoms with Gasteiger partial charge in [0.1, 0.15) is 0 Å². The maximum Gasteiger partial charge on any atom is 0.248 e. The molecule has 82 heavy (non-hydrogen) atoms. The van der Waals surface area contributed by atoms with E-state index >= 15 is 0 Å². The summed E-state index contributed by atoms with van der Waals surface area (Å²) in [5, 5.41) is 13.9. The van der Waals surface area contributed by atoms with Crippen LogP contribution in [0.3, 0.4) is 0 Å². The Morgan fingerprint density at radius 1 is 0.329 bits per heavy atom. The van der Waals surface area contributed by atoms with E-state index in [2.05, 4.69) is 293 Å². The molecule has 386 valence electrons. The molecule has 4 heterocycles. The maximum atomic E-state index is 2.76. The molecular formula is C77H58B2N2Si. The standard InChI is InChI=1S/C77H58B2N2Si/c1-47(2)50-40-60-58-39-49(5)57-44-65-73-59(61-41-51(48(3)4)43-70-77(61)78(65)63-35-21-23-37-67(63)81(70)53-27-13-7-14-28-53)46-71(82(54-29-15-8-16-30-54,55-31-17-9-18-32-55)56-33-19-10-20-34-56)62-45-66(72(58)74(57)75(62)73)79-64-36-22-24-38-68(64)80(69(42-50)76(60)79)52-25-11-6-12-26-52/h6-48H,1-5H3. The van der Waals surface area contributed by atoms with Gasteiger partial charge in [0.25, 0.3) is 0 Å². The fraction of sp³-hybridized carbons (Fsp3) is 0.0909. The van der Waals surface area contributed by atoms with Gasteiger partial charge in [-0.15, -0.1) is 0 Å². The third-order valence-corrected chi connectivity index (χ3v) is 24.2. The van der Waals surface area contributed by atoms with E-state index in [9.17, 15) is 0 Å². The minimum Gasteiger partial charge on any atom is -0.311 e. The van der Waals surface area contributed by atoms with E-state index in [1.54, 1.807) is 0 Å². The van der Waals surface area contributed by atoms with Gasteiger partial charge < -0.3 is 9.80 Å². The molecule has 0 saturated heterocycles. The van der Waals surface area contributed by atoms with Gasteiger partial charge in [0, 0.05) is 34.1 Å². The number of para-hydroxylation sites is 4. The van der Waals surface area contributed by atoms with Crippen molar-refractivity contribution in [3.8, 4) is 22.3 Å². The molecule has 0 radical (unpaired) electrons. The zero-order valence-electron chi connectivity index (χ0n) is 46.9. The SMILES string of the molecule is Cc1cc2c3c(cc4c([Si](c5ccccc5)(c5ccccc5)c5ccccc5)cc5c6c(cc1c3c46)B1c3ccccc3N(c3ccccc3)c3cc(C(C)C)cc-5c31)B1c3ccccc3N(c3ccccc3)c3cc(C(C)C)cc-2c31. The number of rotatable bonds is 8. The first-order valence-electron chi connectivity index (χ1n) is 29.5. The Morgan fingerprint density at radius 2 is 0.707 bits per heavy atom. The van der Waals surface area contributed by atoms with Crippen molar-refractivity contribution in [1.29, 1.82) is 0 Å². The molecule has 4 aliphatic heterocycles. The molecule has 13 aromatic carbocycles. The largest absolute Gasteiger partial charge is 0.311 e. The van der Waals surface area contributed by atoms with Crippen molar-refractivity contribution in [3.05, 3.63) is 265 Å². The Hall–Kier alpha value is -9.15. The van der Waals surface area contributed by atoms with E-state index in [0.29, 0.717) is 11.8 Å². The quantitative estimate of drug-likeness (QED) is 0.0850. The van der Waals surface area contributed by atoms with Gasteiger partial charge in [0.2, 0.25) is 13.4 Å². The Bertz CT molecular complexity index is 4680. The lowest BCUT2D eigenvalue weighted by atomic mass is 9.31. The first-order chi connectivity index (χ1) is 40.3. The summed E-state index contributed by atoms with van der Waals surface area (Å²) >= 11 is 0. The van der Waals surface area contributed by atoms with Crippen LogP contribution in [-0.2, 0) is 0 Å². The number of hydrogen-bond acceptors (Lipinski definition) is 2. The van der Waals surface area contributed by atoms with E-state index < -0.39 is 8.07 Å². The maximum absolute atomic E-state index is 3.25. The van der Waals surface area contributed by atoms with Crippen LogP contribution in [0.15, 0.2) is 249 Å². The van der Waals surface area contributed by atoms with E-state index in [-0.39, 0.29) is 13.4 Å². The molecule has 0 aromatic heterocycles. The fourth-order valence-electron chi connectivity index (χ4n) is 15.9. The number of benzene rings is 13. The second-order valence-corrected chi connectivity index (χ2v) is 28.0. The van der Waals surface area contributed by atoms with Gasteiger partial charge >= 0.3 is 0 Å². The lowest BCUT2D eigenvalue weighted by Crippen LogP contribution is -2.75. The number of fused-ring (bicyclic) bond motifs is 8. The predicted octanol–water partition coefficient (Wildman–Crippen LogP) is 13.1. The topological polar surface area (TPSA) is 6.48 Å². The van der Waals surface area contributed by atoms with Crippen LogP contribution < -0.4 is 63.3 Å². The average Bonchev–Trinajstić information content (AvgIpc) is 1.05. The summed E-state index contributed by atoms with van der Waals surface area (Å²) in [7, 11) is -3.25. The molecule has 0 atom stereocenters. The zero-order chi connectivity index (χ0) is 54.7. The fourth-order valence-corrected chi connectivity index (χ4v) is 20.8. The monoisotopic (exact) mass is 1060 g/mol. The molecule has 0 bridgehead atoms. The Morgan fingerprint density at radius 3 is 1.15 bits per heavy atom. The van der Waals surface area contributed by atoms with E-state index in [1.165, 1.54) is 159 Å². The van der Waals surface area contributed by atoms with Crippen LogP contribution in [0.25, 0.3) is 54.6 Å². The van der Waals surface area contributed by atoms with Gasteiger partial charge in [-0.25, -0.2) is 0 Å². The van der Waals surface area contributed by atoms with Crippen LogP contribution in [0.4, 0.5) is 34.1 Å². The molecular weight excluding hydrogens is 1000 g/mol. The van der Waals surface area contributed by atoms with Crippen molar-refractivity contribution in [3.63, 3.8) is 0 Å². The van der Waals surface area contributed by atoms with Crippen LogP contribution >= 0.6 is 0 Å². The molecule has 0 aliphatic carbocycles. The summed E-state index contributed by atoms with van der Waals surface area (Å²) in [4.78, 5) is 5.14. The summed E-state index contributed by atoms with van der Waals surface area (Å²) < 4.78 is 0. The van der Waals surface area contributed by atoms with E-state index in [1.807, 2.05) is 0 Å². The van der Waals surface area contributed by atoms with Crippen molar-refractivity contribution in [2.24, 2.45) is 0 Å². The highest BCUT2D eigenvalue weighted by Crippen LogP contribution is 2.50. The minimum atomic E-state index is -3.25. The molecule has 0 saturated carbocycles. The van der Waals surface area contributed by atoms with Crippen molar-refractivity contribution in [1.82, 2.24) is 0 Å². The summed E-state index contributed by atoms with van der Waals surface area (Å²) in [6.45, 7) is 11.9. The molecule has 0 fully saturated rings. The van der Waals surface area contributed by atoms with E-state index in [0.717, 1.165) is 0 Å². The first-order valence-corrected chi connectivity index (χ1v) is 31.5. The van der Waals surface area contributed by atoms with Crippen molar-refractivity contribution in [2.45, 2.75) is 46.5 Å². The van der Waals surface area contributed by atoms with Crippen LogP contribution in [0.5, 0.6) is 0 Å². The van der Waals surface area contributed by atoms with Gasteiger partial charge in [-0.05, 0) is 181 Å². The second kappa shape index (κ2) is 17.7. The lowest BCUT2D eigenvalue weighted by Gasteiger charge is -2.43. The molecule has 0 N–H and O–H groups in total. The molecule has 4 aliphatic rings. The van der Waals surface area contributed by atoms with Gasteiger partial charge in [-0.2, -0.15) is 0 Å². The third-order valence-electron chi connectivity index (χ3n) is 19.4. The normalized spacial score (nSPS) is 13.5. The molecule has 0 spiro atoms. The highest BCUT2D eigenvalue weighted by Gasteiger charge is 2.49. The van der Waals surface area contributed by atoms with Crippen molar-refractivity contribution < 1.29 is 0 Å². The van der Waals surface area contributed by atoms with Crippen LogP contribution in [0, 0.1) is 6.92 Å². The highest BCUT2D eigenvalue weighted by atomic mass is 28.3.